The van der Waals surface area contributed by atoms with Gasteiger partial charge in [-0.3, -0.25) is 9.59 Å². The van der Waals surface area contributed by atoms with E-state index < -0.39 is 12.0 Å². The standard InChI is InChI=1S/C31H32Cl2N2O3/c32-21-12-17-26(27(33)19-21)29-28(30(37)34-18-6-9-20-7-2-1-3-8-20)24-10-4-5-11-25(24)31(38)35(29)22-13-15-23(36)16-14-22/h1-5,7-8,10-12,17,19,22-23,28-29,36H,6,9,13-16,18H2,(H,34,37)/t22?,23?,28-,29+/m1/s1. The van der Waals surface area contributed by atoms with Gasteiger partial charge in [0.15, 0.2) is 0 Å². The largest absolute Gasteiger partial charge is 0.393 e. The maximum absolute atomic E-state index is 14.0. The molecule has 38 heavy (non-hydrogen) atoms. The lowest BCUT2D eigenvalue weighted by atomic mass is 9.77. The van der Waals surface area contributed by atoms with E-state index >= 15 is 0 Å². The van der Waals surface area contributed by atoms with Gasteiger partial charge >= 0.3 is 0 Å². The van der Waals surface area contributed by atoms with Crippen LogP contribution >= 0.6 is 23.2 Å². The normalized spacial score (nSPS) is 23.1. The van der Waals surface area contributed by atoms with Gasteiger partial charge in [-0.25, -0.2) is 0 Å². The first-order valence-electron chi connectivity index (χ1n) is 13.3. The molecular formula is C31H32Cl2N2O3. The van der Waals surface area contributed by atoms with Crippen molar-refractivity contribution < 1.29 is 14.7 Å². The lowest BCUT2D eigenvalue weighted by molar-refractivity contribution is -0.124. The number of benzene rings is 3. The second kappa shape index (κ2) is 11.9. The highest BCUT2D eigenvalue weighted by Crippen LogP contribution is 2.47. The maximum atomic E-state index is 14.0. The average molecular weight is 552 g/mol. The van der Waals surface area contributed by atoms with E-state index in [1.54, 1.807) is 18.2 Å². The van der Waals surface area contributed by atoms with Gasteiger partial charge in [0.2, 0.25) is 5.91 Å². The van der Waals surface area contributed by atoms with E-state index in [1.165, 1.54) is 5.56 Å². The zero-order valence-electron chi connectivity index (χ0n) is 21.2. The molecule has 0 saturated heterocycles. The van der Waals surface area contributed by atoms with Crippen LogP contribution in [0.4, 0.5) is 0 Å². The fourth-order valence-electron chi connectivity index (χ4n) is 5.90. The van der Waals surface area contributed by atoms with Crippen LogP contribution in [0.5, 0.6) is 0 Å². The minimum Gasteiger partial charge on any atom is -0.393 e. The fraction of sp³-hybridized carbons (Fsp3) is 0.355. The molecule has 2 atom stereocenters. The Labute approximate surface area is 233 Å². The van der Waals surface area contributed by atoms with Crippen LogP contribution in [0.1, 0.15) is 71.1 Å². The van der Waals surface area contributed by atoms with Gasteiger partial charge < -0.3 is 15.3 Å². The van der Waals surface area contributed by atoms with Crippen LogP contribution in [0, 0.1) is 0 Å². The molecule has 0 unspecified atom stereocenters. The van der Waals surface area contributed by atoms with Crippen molar-refractivity contribution in [3.8, 4) is 0 Å². The molecule has 3 aromatic rings. The molecule has 0 aromatic heterocycles. The number of aliphatic hydroxyl groups excluding tert-OH is 1. The number of aliphatic hydroxyl groups is 1. The average Bonchev–Trinajstić information content (AvgIpc) is 2.92. The molecule has 1 fully saturated rings. The quantitative estimate of drug-likeness (QED) is 0.338. The molecule has 2 aliphatic rings. The van der Waals surface area contributed by atoms with Crippen molar-refractivity contribution in [2.24, 2.45) is 0 Å². The maximum Gasteiger partial charge on any atom is 0.254 e. The Bertz CT molecular complexity index is 1290. The van der Waals surface area contributed by atoms with Crippen LogP contribution in [0.2, 0.25) is 10.0 Å². The number of amides is 2. The van der Waals surface area contributed by atoms with Gasteiger partial charge in [0, 0.05) is 28.2 Å². The summed E-state index contributed by atoms with van der Waals surface area (Å²) in [4.78, 5) is 29.8. The lowest BCUT2D eigenvalue weighted by Crippen LogP contribution is -2.52. The predicted octanol–water partition coefficient (Wildman–Crippen LogP) is 6.33. The van der Waals surface area contributed by atoms with Crippen molar-refractivity contribution in [3.63, 3.8) is 0 Å². The molecule has 2 N–H and O–H groups in total. The minimum absolute atomic E-state index is 0.105. The SMILES string of the molecule is O=C(NCCCc1ccccc1)[C@@H]1c2ccccc2C(=O)N(C2CCC(O)CC2)[C@H]1c1ccc(Cl)cc1Cl. The molecule has 5 nitrogen and oxygen atoms in total. The molecule has 5 rings (SSSR count). The number of carbonyl (C=O) groups excluding carboxylic acids is 2. The van der Waals surface area contributed by atoms with Crippen molar-refractivity contribution in [3.05, 3.63) is 105 Å². The number of hydrogen-bond acceptors (Lipinski definition) is 3. The number of halogens is 2. The molecule has 2 amide bonds. The zero-order valence-corrected chi connectivity index (χ0v) is 22.7. The highest BCUT2D eigenvalue weighted by molar-refractivity contribution is 6.35. The Hall–Kier alpha value is -2.86. The van der Waals surface area contributed by atoms with Gasteiger partial charge in [0.25, 0.3) is 5.91 Å². The molecule has 0 spiro atoms. The first-order valence-corrected chi connectivity index (χ1v) is 14.1. The number of carbonyl (C=O) groups is 2. The van der Waals surface area contributed by atoms with Crippen molar-refractivity contribution in [1.82, 2.24) is 10.2 Å². The van der Waals surface area contributed by atoms with Gasteiger partial charge in [-0.05, 0) is 73.4 Å². The molecule has 198 valence electrons. The van der Waals surface area contributed by atoms with E-state index in [2.05, 4.69) is 17.4 Å². The van der Waals surface area contributed by atoms with E-state index in [9.17, 15) is 14.7 Å². The topological polar surface area (TPSA) is 69.6 Å². The summed E-state index contributed by atoms with van der Waals surface area (Å²) >= 11 is 13.0. The number of rotatable bonds is 7. The van der Waals surface area contributed by atoms with Gasteiger partial charge in [0.05, 0.1) is 18.1 Å². The van der Waals surface area contributed by atoms with Crippen LogP contribution in [-0.2, 0) is 11.2 Å². The monoisotopic (exact) mass is 550 g/mol. The molecule has 0 radical (unpaired) electrons. The van der Waals surface area contributed by atoms with Crippen LogP contribution in [0.25, 0.3) is 0 Å². The fourth-order valence-corrected chi connectivity index (χ4v) is 6.42. The van der Waals surface area contributed by atoms with E-state index in [-0.39, 0.29) is 24.0 Å². The molecule has 0 bridgehead atoms. The lowest BCUT2D eigenvalue weighted by Gasteiger charge is -2.47. The van der Waals surface area contributed by atoms with Crippen molar-refractivity contribution >= 4 is 35.0 Å². The van der Waals surface area contributed by atoms with E-state index in [1.807, 2.05) is 47.4 Å². The molecular weight excluding hydrogens is 519 g/mol. The van der Waals surface area contributed by atoms with E-state index in [0.717, 1.165) is 12.8 Å². The van der Waals surface area contributed by atoms with E-state index in [4.69, 9.17) is 23.2 Å². The van der Waals surface area contributed by atoms with Crippen LogP contribution in [0.3, 0.4) is 0 Å². The summed E-state index contributed by atoms with van der Waals surface area (Å²) in [5, 5.41) is 14.2. The number of fused-ring (bicyclic) bond motifs is 1. The van der Waals surface area contributed by atoms with Gasteiger partial charge in [-0.1, -0.05) is 77.8 Å². The molecule has 1 aliphatic heterocycles. The second-order valence-electron chi connectivity index (χ2n) is 10.2. The Morgan fingerprint density at radius 3 is 2.37 bits per heavy atom. The summed E-state index contributed by atoms with van der Waals surface area (Å²) in [5.74, 6) is -0.868. The van der Waals surface area contributed by atoms with Crippen LogP contribution in [0.15, 0.2) is 72.8 Å². The summed E-state index contributed by atoms with van der Waals surface area (Å²) < 4.78 is 0. The highest BCUT2D eigenvalue weighted by atomic mass is 35.5. The summed E-state index contributed by atoms with van der Waals surface area (Å²) in [6.07, 6.45) is 3.88. The van der Waals surface area contributed by atoms with Crippen LogP contribution < -0.4 is 5.32 Å². The molecule has 1 saturated carbocycles. The third-order valence-electron chi connectivity index (χ3n) is 7.78. The Morgan fingerprint density at radius 1 is 0.921 bits per heavy atom. The number of aryl methyl sites for hydroxylation is 1. The third-order valence-corrected chi connectivity index (χ3v) is 8.35. The summed E-state index contributed by atoms with van der Waals surface area (Å²) in [6, 6.07) is 22.1. The highest BCUT2D eigenvalue weighted by Gasteiger charge is 2.47. The van der Waals surface area contributed by atoms with Crippen LogP contribution in [-0.4, -0.2) is 40.5 Å². The molecule has 7 heteroatoms. The number of nitrogens with one attached hydrogen (secondary N) is 1. The first-order chi connectivity index (χ1) is 18.4. The van der Waals surface area contributed by atoms with Gasteiger partial charge in [0.1, 0.15) is 0 Å². The van der Waals surface area contributed by atoms with E-state index in [0.29, 0.717) is 59.0 Å². The van der Waals surface area contributed by atoms with Crippen molar-refractivity contribution in [2.75, 3.05) is 6.54 Å². The summed E-state index contributed by atoms with van der Waals surface area (Å²) in [6.45, 7) is 0.525. The van der Waals surface area contributed by atoms with Crippen molar-refractivity contribution in [2.45, 2.75) is 62.6 Å². The smallest absolute Gasteiger partial charge is 0.254 e. The first kappa shape index (κ1) is 26.7. The third kappa shape index (κ3) is 5.61. The number of hydrogen-bond donors (Lipinski definition) is 2. The Morgan fingerprint density at radius 2 is 1.63 bits per heavy atom. The van der Waals surface area contributed by atoms with Gasteiger partial charge in [-0.15, -0.1) is 0 Å². The molecule has 3 aromatic carbocycles. The molecule has 1 aliphatic carbocycles. The summed E-state index contributed by atoms with van der Waals surface area (Å²) in [5.41, 5.74) is 3.19. The Kier molecular flexibility index (Phi) is 8.37. The van der Waals surface area contributed by atoms with Gasteiger partial charge in [-0.2, -0.15) is 0 Å². The Balaban J connectivity index is 1.50. The zero-order chi connectivity index (χ0) is 26.6. The predicted molar refractivity (Wildman–Crippen MR) is 151 cm³/mol. The summed E-state index contributed by atoms with van der Waals surface area (Å²) in [7, 11) is 0. The minimum atomic E-state index is -0.633. The second-order valence-corrected chi connectivity index (χ2v) is 11.1. The molecule has 1 heterocycles. The van der Waals surface area contributed by atoms with Crippen molar-refractivity contribution in [1.29, 1.82) is 0 Å². The number of nitrogens with zero attached hydrogens (tertiary/aromatic N) is 1.